The van der Waals surface area contributed by atoms with Crippen molar-refractivity contribution >= 4 is 46.1 Å². The van der Waals surface area contributed by atoms with E-state index in [1.807, 2.05) is 35.7 Å². The fourth-order valence-corrected chi connectivity index (χ4v) is 3.91. The van der Waals surface area contributed by atoms with Crippen molar-refractivity contribution in [1.29, 1.82) is 0 Å². The van der Waals surface area contributed by atoms with E-state index in [1.165, 1.54) is 22.7 Å². The molecule has 25 heavy (non-hydrogen) atoms. The molecular weight excluding hydrogens is 376 g/mol. The van der Waals surface area contributed by atoms with E-state index in [1.54, 1.807) is 18.2 Å². The molecule has 7 heteroatoms. The van der Waals surface area contributed by atoms with Crippen LogP contribution in [-0.4, -0.2) is 11.8 Å². The maximum absolute atomic E-state index is 12.3. The molecule has 3 aromatic rings. The largest absolute Gasteiger partial charge is 0.334 e. The molecule has 0 atom stereocenters. The highest BCUT2D eigenvalue weighted by molar-refractivity contribution is 7.16. The first-order valence-electron chi connectivity index (χ1n) is 7.55. The Morgan fingerprint density at radius 2 is 1.68 bits per heavy atom. The predicted molar refractivity (Wildman–Crippen MR) is 103 cm³/mol. The fourth-order valence-electron chi connectivity index (χ4n) is 2.14. The summed E-state index contributed by atoms with van der Waals surface area (Å²) in [5, 5.41) is 8.13. The number of nitrogens with one attached hydrogen (secondary N) is 2. The van der Waals surface area contributed by atoms with Crippen molar-refractivity contribution in [2.75, 3.05) is 0 Å². The Morgan fingerprint density at radius 3 is 2.40 bits per heavy atom. The van der Waals surface area contributed by atoms with Crippen LogP contribution in [-0.2, 0) is 13.1 Å². The minimum Gasteiger partial charge on any atom is -0.334 e. The molecule has 0 saturated carbocycles. The SMILES string of the molecule is O=C(NCc1ccc(Cl)cc1)NCc1ccc(C(=O)c2cccs2)s1. The molecule has 1 aromatic carbocycles. The van der Waals surface area contributed by atoms with Crippen molar-refractivity contribution in [3.05, 3.63) is 79.1 Å². The first-order chi connectivity index (χ1) is 12.1. The van der Waals surface area contributed by atoms with Crippen LogP contribution in [0.15, 0.2) is 53.9 Å². The average Bonchev–Trinajstić information content (AvgIpc) is 3.30. The summed E-state index contributed by atoms with van der Waals surface area (Å²) in [6.07, 6.45) is 0. The Kier molecular flexibility index (Phi) is 5.86. The third-order valence-corrected chi connectivity index (χ3v) is 5.62. The van der Waals surface area contributed by atoms with Crippen LogP contribution in [0.2, 0.25) is 5.02 Å². The zero-order valence-corrected chi connectivity index (χ0v) is 15.5. The molecule has 0 unspecified atom stereocenters. The van der Waals surface area contributed by atoms with E-state index >= 15 is 0 Å². The van der Waals surface area contributed by atoms with Crippen LogP contribution in [0.5, 0.6) is 0 Å². The van der Waals surface area contributed by atoms with E-state index in [4.69, 9.17) is 11.6 Å². The van der Waals surface area contributed by atoms with Gasteiger partial charge in [0.15, 0.2) is 0 Å². The number of rotatable bonds is 6. The molecule has 4 nitrogen and oxygen atoms in total. The first-order valence-corrected chi connectivity index (χ1v) is 9.62. The minimum atomic E-state index is -0.255. The van der Waals surface area contributed by atoms with Gasteiger partial charge in [0.25, 0.3) is 0 Å². The quantitative estimate of drug-likeness (QED) is 0.599. The maximum Gasteiger partial charge on any atom is 0.315 e. The summed E-state index contributed by atoms with van der Waals surface area (Å²) in [6.45, 7) is 0.810. The number of benzene rings is 1. The van der Waals surface area contributed by atoms with Gasteiger partial charge in [-0.25, -0.2) is 4.79 Å². The topological polar surface area (TPSA) is 58.2 Å². The van der Waals surface area contributed by atoms with Crippen LogP contribution in [0, 0.1) is 0 Å². The number of amides is 2. The van der Waals surface area contributed by atoms with Crippen LogP contribution in [0.4, 0.5) is 4.79 Å². The van der Waals surface area contributed by atoms with Gasteiger partial charge in [-0.05, 0) is 41.3 Å². The summed E-state index contributed by atoms with van der Waals surface area (Å²) in [6, 6.07) is 14.4. The lowest BCUT2D eigenvalue weighted by atomic mass is 10.2. The maximum atomic E-state index is 12.3. The summed E-state index contributed by atoms with van der Waals surface area (Å²) in [4.78, 5) is 26.5. The standard InChI is InChI=1S/C18H15ClN2O2S2/c19-13-5-3-12(4-6-13)10-20-18(23)21-11-14-7-8-16(25-14)17(22)15-2-1-9-24-15/h1-9H,10-11H2,(H2,20,21,23). The minimum absolute atomic E-state index is 0.0263. The van der Waals surface area contributed by atoms with Crippen molar-refractivity contribution in [2.24, 2.45) is 0 Å². The Labute approximate surface area is 158 Å². The van der Waals surface area contributed by atoms with E-state index in [-0.39, 0.29) is 11.8 Å². The van der Waals surface area contributed by atoms with E-state index in [2.05, 4.69) is 10.6 Å². The summed E-state index contributed by atoms with van der Waals surface area (Å²) < 4.78 is 0. The normalized spacial score (nSPS) is 10.4. The molecular formula is C18H15ClN2O2S2. The molecule has 2 N–H and O–H groups in total. The number of hydrogen-bond acceptors (Lipinski definition) is 4. The number of carbonyl (C=O) groups is 2. The molecule has 0 saturated heterocycles. The molecule has 0 spiro atoms. The zero-order chi connectivity index (χ0) is 17.6. The Balaban J connectivity index is 1.47. The summed E-state index contributed by atoms with van der Waals surface area (Å²) in [5.41, 5.74) is 0.972. The predicted octanol–water partition coefficient (Wildman–Crippen LogP) is 4.69. The smallest absolute Gasteiger partial charge is 0.315 e. The van der Waals surface area contributed by atoms with Gasteiger partial charge in [-0.3, -0.25) is 4.79 Å². The molecule has 3 rings (SSSR count). The van der Waals surface area contributed by atoms with Gasteiger partial charge in [0.05, 0.1) is 16.3 Å². The van der Waals surface area contributed by atoms with Crippen molar-refractivity contribution in [2.45, 2.75) is 13.1 Å². The summed E-state index contributed by atoms with van der Waals surface area (Å²) >= 11 is 8.65. The molecule has 2 aromatic heterocycles. The van der Waals surface area contributed by atoms with Gasteiger partial charge in [-0.15, -0.1) is 22.7 Å². The molecule has 0 aliphatic heterocycles. The number of urea groups is 1. The lowest BCUT2D eigenvalue weighted by molar-refractivity contribution is 0.104. The van der Waals surface area contributed by atoms with Gasteiger partial charge in [0.1, 0.15) is 0 Å². The number of ketones is 1. The lowest BCUT2D eigenvalue weighted by Crippen LogP contribution is -2.34. The third-order valence-electron chi connectivity index (χ3n) is 3.42. The number of carbonyl (C=O) groups excluding carboxylic acids is 2. The van der Waals surface area contributed by atoms with Gasteiger partial charge in [0, 0.05) is 16.4 Å². The van der Waals surface area contributed by atoms with Gasteiger partial charge in [0.2, 0.25) is 5.78 Å². The number of hydrogen-bond donors (Lipinski definition) is 2. The van der Waals surface area contributed by atoms with Gasteiger partial charge >= 0.3 is 6.03 Å². The molecule has 128 valence electrons. The highest BCUT2D eigenvalue weighted by Gasteiger charge is 2.13. The molecule has 0 aliphatic rings. The van der Waals surface area contributed by atoms with Crippen LogP contribution in [0.1, 0.15) is 25.0 Å². The third kappa shape index (κ3) is 4.92. The Morgan fingerprint density at radius 1 is 0.920 bits per heavy atom. The van der Waals surface area contributed by atoms with Crippen LogP contribution >= 0.6 is 34.3 Å². The van der Waals surface area contributed by atoms with E-state index < -0.39 is 0 Å². The van der Waals surface area contributed by atoms with Crippen molar-refractivity contribution < 1.29 is 9.59 Å². The van der Waals surface area contributed by atoms with E-state index in [0.717, 1.165) is 15.3 Å². The van der Waals surface area contributed by atoms with Crippen LogP contribution in [0.25, 0.3) is 0 Å². The first kappa shape index (κ1) is 17.7. The van der Waals surface area contributed by atoms with Crippen LogP contribution < -0.4 is 10.6 Å². The summed E-state index contributed by atoms with van der Waals surface area (Å²) in [5.74, 6) is 0.0263. The monoisotopic (exact) mass is 390 g/mol. The second-order valence-electron chi connectivity index (χ2n) is 5.24. The fraction of sp³-hybridized carbons (Fsp3) is 0.111. The highest BCUT2D eigenvalue weighted by atomic mass is 35.5. The lowest BCUT2D eigenvalue weighted by Gasteiger charge is -2.07. The second kappa shape index (κ2) is 8.29. The molecule has 0 radical (unpaired) electrons. The number of thiophene rings is 2. The van der Waals surface area contributed by atoms with E-state index in [9.17, 15) is 9.59 Å². The average molecular weight is 391 g/mol. The Bertz CT molecular complexity index is 858. The molecule has 0 bridgehead atoms. The molecule has 0 fully saturated rings. The zero-order valence-electron chi connectivity index (χ0n) is 13.1. The van der Waals surface area contributed by atoms with Gasteiger partial charge < -0.3 is 10.6 Å². The van der Waals surface area contributed by atoms with Crippen molar-refractivity contribution in [1.82, 2.24) is 10.6 Å². The van der Waals surface area contributed by atoms with E-state index in [0.29, 0.717) is 23.0 Å². The van der Waals surface area contributed by atoms with Crippen molar-refractivity contribution in [3.63, 3.8) is 0 Å². The Hall–Kier alpha value is -2.15. The second-order valence-corrected chi connectivity index (χ2v) is 7.79. The summed E-state index contributed by atoms with van der Waals surface area (Å²) in [7, 11) is 0. The molecule has 2 heterocycles. The molecule has 0 aliphatic carbocycles. The van der Waals surface area contributed by atoms with Crippen molar-refractivity contribution in [3.8, 4) is 0 Å². The van der Waals surface area contributed by atoms with Gasteiger partial charge in [-0.2, -0.15) is 0 Å². The van der Waals surface area contributed by atoms with Gasteiger partial charge in [-0.1, -0.05) is 29.8 Å². The molecule has 2 amide bonds. The number of halogens is 1. The highest BCUT2D eigenvalue weighted by Crippen LogP contribution is 2.22. The van der Waals surface area contributed by atoms with Crippen LogP contribution in [0.3, 0.4) is 0 Å².